The third-order valence-corrected chi connectivity index (χ3v) is 3.18. The number of nitrogens with two attached hydrogens (primary N) is 1. The van der Waals surface area contributed by atoms with E-state index >= 15 is 0 Å². The summed E-state index contributed by atoms with van der Waals surface area (Å²) in [6.45, 7) is 1.87. The van der Waals surface area contributed by atoms with E-state index in [0.717, 1.165) is 16.3 Å². The Morgan fingerprint density at radius 2 is 1.90 bits per heavy atom. The second-order valence-electron chi connectivity index (χ2n) is 4.59. The first-order chi connectivity index (χ1) is 9.65. The number of aromatic nitrogens is 1. The van der Waals surface area contributed by atoms with Crippen molar-refractivity contribution in [1.82, 2.24) is 4.98 Å². The van der Waals surface area contributed by atoms with Gasteiger partial charge in [-0.1, -0.05) is 6.07 Å². The standard InChI is InChI=1S/C16H13FN2O/c1-10-2-3-11(17)8-16(10)20-15-5-4-14(18)13-9-19-7-6-12(13)15/h2-9H,18H2,1H3. The van der Waals surface area contributed by atoms with Crippen molar-refractivity contribution < 1.29 is 9.13 Å². The lowest BCUT2D eigenvalue weighted by molar-refractivity contribution is 0.478. The molecule has 0 saturated heterocycles. The fraction of sp³-hybridized carbons (Fsp3) is 0.0625. The zero-order chi connectivity index (χ0) is 14.1. The molecule has 0 saturated carbocycles. The molecular weight excluding hydrogens is 255 g/mol. The van der Waals surface area contributed by atoms with Crippen molar-refractivity contribution in [2.45, 2.75) is 6.92 Å². The Hall–Kier alpha value is -2.62. The van der Waals surface area contributed by atoms with E-state index in [0.29, 0.717) is 17.2 Å². The van der Waals surface area contributed by atoms with Crippen molar-refractivity contribution >= 4 is 16.5 Å². The lowest BCUT2D eigenvalue weighted by atomic mass is 10.1. The van der Waals surface area contributed by atoms with Gasteiger partial charge in [0, 0.05) is 34.9 Å². The number of nitrogen functional groups attached to an aromatic ring is 1. The number of halogens is 1. The normalized spacial score (nSPS) is 10.7. The quantitative estimate of drug-likeness (QED) is 0.713. The van der Waals surface area contributed by atoms with Gasteiger partial charge in [0.05, 0.1) is 0 Å². The second kappa shape index (κ2) is 4.81. The van der Waals surface area contributed by atoms with Crippen LogP contribution in [-0.2, 0) is 0 Å². The molecule has 1 aromatic heterocycles. The Balaban J connectivity index is 2.11. The predicted octanol–water partition coefficient (Wildman–Crippen LogP) is 4.06. The average Bonchev–Trinajstić information content (AvgIpc) is 2.46. The van der Waals surface area contributed by atoms with Crippen LogP contribution in [-0.4, -0.2) is 4.98 Å². The summed E-state index contributed by atoms with van der Waals surface area (Å²) in [6.07, 6.45) is 3.36. The van der Waals surface area contributed by atoms with Gasteiger partial charge < -0.3 is 10.5 Å². The predicted molar refractivity (Wildman–Crippen MR) is 77.4 cm³/mol. The van der Waals surface area contributed by atoms with Crippen LogP contribution < -0.4 is 10.5 Å². The Morgan fingerprint density at radius 3 is 2.75 bits per heavy atom. The van der Waals surface area contributed by atoms with E-state index in [-0.39, 0.29) is 5.82 Å². The summed E-state index contributed by atoms with van der Waals surface area (Å²) >= 11 is 0. The molecule has 1 heterocycles. The zero-order valence-corrected chi connectivity index (χ0v) is 10.9. The molecule has 0 aliphatic heterocycles. The smallest absolute Gasteiger partial charge is 0.135 e. The van der Waals surface area contributed by atoms with E-state index in [9.17, 15) is 4.39 Å². The molecule has 3 rings (SSSR count). The Labute approximate surface area is 115 Å². The third kappa shape index (κ3) is 2.16. The number of aryl methyl sites for hydroxylation is 1. The van der Waals surface area contributed by atoms with Gasteiger partial charge in [-0.3, -0.25) is 4.98 Å². The minimum atomic E-state index is -0.327. The molecule has 0 bridgehead atoms. The van der Waals surface area contributed by atoms with Crippen molar-refractivity contribution in [3.63, 3.8) is 0 Å². The van der Waals surface area contributed by atoms with E-state index in [4.69, 9.17) is 10.5 Å². The summed E-state index contributed by atoms with van der Waals surface area (Å²) in [5.41, 5.74) is 7.42. The van der Waals surface area contributed by atoms with Gasteiger partial charge in [-0.05, 0) is 36.8 Å². The van der Waals surface area contributed by atoms with Crippen LogP contribution in [0, 0.1) is 12.7 Å². The molecule has 0 fully saturated rings. The number of rotatable bonds is 2. The lowest BCUT2D eigenvalue weighted by Crippen LogP contribution is -1.93. The van der Waals surface area contributed by atoms with Gasteiger partial charge in [0.25, 0.3) is 0 Å². The van der Waals surface area contributed by atoms with Crippen molar-refractivity contribution in [3.05, 3.63) is 60.2 Å². The maximum atomic E-state index is 13.3. The lowest BCUT2D eigenvalue weighted by Gasteiger charge is -2.12. The molecule has 0 radical (unpaired) electrons. The van der Waals surface area contributed by atoms with E-state index in [1.54, 1.807) is 30.6 Å². The molecule has 3 aromatic rings. The summed E-state index contributed by atoms with van der Waals surface area (Å²) in [6, 6.07) is 9.84. The van der Waals surface area contributed by atoms with Crippen LogP contribution in [0.3, 0.4) is 0 Å². The number of hydrogen-bond acceptors (Lipinski definition) is 3. The zero-order valence-electron chi connectivity index (χ0n) is 10.9. The molecule has 0 unspecified atom stereocenters. The molecule has 0 atom stereocenters. The molecule has 3 nitrogen and oxygen atoms in total. The van der Waals surface area contributed by atoms with Crippen LogP contribution in [0.4, 0.5) is 10.1 Å². The second-order valence-corrected chi connectivity index (χ2v) is 4.59. The molecule has 0 amide bonds. The summed E-state index contributed by atoms with van der Waals surface area (Å²) < 4.78 is 19.2. The van der Waals surface area contributed by atoms with Crippen LogP contribution in [0.5, 0.6) is 11.5 Å². The van der Waals surface area contributed by atoms with E-state index in [2.05, 4.69) is 4.98 Å². The molecular formula is C16H13FN2O. The van der Waals surface area contributed by atoms with Crippen molar-refractivity contribution in [2.75, 3.05) is 5.73 Å². The van der Waals surface area contributed by atoms with Crippen molar-refractivity contribution in [3.8, 4) is 11.5 Å². The van der Waals surface area contributed by atoms with Crippen LogP contribution >= 0.6 is 0 Å². The van der Waals surface area contributed by atoms with Crippen molar-refractivity contribution in [1.29, 1.82) is 0 Å². The Kier molecular flexibility index (Phi) is 2.99. The monoisotopic (exact) mass is 268 g/mol. The van der Waals surface area contributed by atoms with Gasteiger partial charge in [-0.15, -0.1) is 0 Å². The van der Waals surface area contributed by atoms with E-state index < -0.39 is 0 Å². The molecule has 0 aliphatic carbocycles. The number of fused-ring (bicyclic) bond motifs is 1. The maximum Gasteiger partial charge on any atom is 0.135 e. The van der Waals surface area contributed by atoms with E-state index in [1.807, 2.05) is 13.0 Å². The number of ether oxygens (including phenoxy) is 1. The largest absolute Gasteiger partial charge is 0.456 e. The highest BCUT2D eigenvalue weighted by atomic mass is 19.1. The number of anilines is 1. The highest BCUT2D eigenvalue weighted by Crippen LogP contribution is 2.33. The third-order valence-electron chi connectivity index (χ3n) is 3.18. The number of benzene rings is 2. The molecule has 0 spiro atoms. The molecule has 0 aliphatic rings. The first-order valence-electron chi connectivity index (χ1n) is 6.21. The fourth-order valence-electron chi connectivity index (χ4n) is 2.08. The van der Waals surface area contributed by atoms with Gasteiger partial charge in [0.2, 0.25) is 0 Å². The van der Waals surface area contributed by atoms with Gasteiger partial charge in [-0.2, -0.15) is 0 Å². The Morgan fingerprint density at radius 1 is 1.05 bits per heavy atom. The molecule has 100 valence electrons. The van der Waals surface area contributed by atoms with Crippen LogP contribution in [0.1, 0.15) is 5.56 Å². The summed E-state index contributed by atoms with van der Waals surface area (Å²) in [5, 5.41) is 1.67. The Bertz CT molecular complexity index is 787. The van der Waals surface area contributed by atoms with Crippen LogP contribution in [0.2, 0.25) is 0 Å². The minimum Gasteiger partial charge on any atom is -0.456 e. The number of hydrogen-bond donors (Lipinski definition) is 1. The highest BCUT2D eigenvalue weighted by molar-refractivity contribution is 5.96. The topological polar surface area (TPSA) is 48.1 Å². The van der Waals surface area contributed by atoms with Crippen LogP contribution in [0.25, 0.3) is 10.8 Å². The number of pyridine rings is 1. The molecule has 20 heavy (non-hydrogen) atoms. The SMILES string of the molecule is Cc1ccc(F)cc1Oc1ccc(N)c2cnccc12. The molecule has 4 heteroatoms. The first kappa shape index (κ1) is 12.4. The van der Waals surface area contributed by atoms with E-state index in [1.165, 1.54) is 12.1 Å². The first-order valence-corrected chi connectivity index (χ1v) is 6.21. The average molecular weight is 268 g/mol. The maximum absolute atomic E-state index is 13.3. The van der Waals surface area contributed by atoms with Gasteiger partial charge >= 0.3 is 0 Å². The fourth-order valence-corrected chi connectivity index (χ4v) is 2.08. The summed E-state index contributed by atoms with van der Waals surface area (Å²) in [7, 11) is 0. The van der Waals surface area contributed by atoms with Crippen LogP contribution in [0.15, 0.2) is 48.8 Å². The van der Waals surface area contributed by atoms with Crippen molar-refractivity contribution in [2.24, 2.45) is 0 Å². The van der Waals surface area contributed by atoms with Gasteiger partial charge in [0.15, 0.2) is 0 Å². The number of nitrogens with zero attached hydrogens (tertiary/aromatic N) is 1. The summed E-state index contributed by atoms with van der Waals surface area (Å²) in [4.78, 5) is 4.06. The van der Waals surface area contributed by atoms with Gasteiger partial charge in [-0.25, -0.2) is 4.39 Å². The molecule has 2 aromatic carbocycles. The summed E-state index contributed by atoms with van der Waals surface area (Å²) in [5.74, 6) is 0.796. The minimum absolute atomic E-state index is 0.327. The van der Waals surface area contributed by atoms with Gasteiger partial charge in [0.1, 0.15) is 17.3 Å². The molecule has 2 N–H and O–H groups in total. The highest BCUT2D eigenvalue weighted by Gasteiger charge is 2.08.